The number of carbonyl (C=O) groups is 1. The van der Waals surface area contributed by atoms with Crippen molar-refractivity contribution >= 4 is 32.3 Å². The molecule has 0 saturated heterocycles. The molecule has 0 atom stereocenters. The van der Waals surface area contributed by atoms with Crippen molar-refractivity contribution in [3.05, 3.63) is 71.1 Å². The molecule has 0 aliphatic heterocycles. The fourth-order valence-electron chi connectivity index (χ4n) is 2.61. The molecule has 0 aliphatic rings. The summed E-state index contributed by atoms with van der Waals surface area (Å²) >= 11 is 0.888. The number of esters is 1. The Kier molecular flexibility index (Phi) is 5.78. The van der Waals surface area contributed by atoms with E-state index in [0.29, 0.717) is 11.1 Å². The highest BCUT2D eigenvalue weighted by Gasteiger charge is 2.27. The van der Waals surface area contributed by atoms with Crippen molar-refractivity contribution in [1.82, 2.24) is 0 Å². The highest BCUT2D eigenvalue weighted by atomic mass is 32.2. The number of sulfonamides is 1. The van der Waals surface area contributed by atoms with Crippen LogP contribution < -0.4 is 4.72 Å². The number of benzene rings is 2. The molecule has 3 aromatic rings. The molecule has 28 heavy (non-hydrogen) atoms. The normalized spacial score (nSPS) is 10.9. The van der Waals surface area contributed by atoms with Crippen molar-refractivity contribution in [1.29, 1.82) is 5.26 Å². The first-order valence-corrected chi connectivity index (χ1v) is 10.6. The summed E-state index contributed by atoms with van der Waals surface area (Å²) in [6, 6.07) is 18.7. The third-order valence-corrected chi connectivity index (χ3v) is 6.40. The Bertz CT molecular complexity index is 1130. The van der Waals surface area contributed by atoms with Crippen molar-refractivity contribution in [2.24, 2.45) is 0 Å². The lowest BCUT2D eigenvalue weighted by molar-refractivity contribution is 0.0533. The number of ether oxygens (including phenoxy) is 1. The van der Waals surface area contributed by atoms with Crippen LogP contribution in [0.5, 0.6) is 0 Å². The maximum absolute atomic E-state index is 12.7. The molecular formula is C20H16N2O4S2. The van der Waals surface area contributed by atoms with Crippen LogP contribution in [-0.2, 0) is 14.8 Å². The SMILES string of the molecule is CCOC(=O)c1sc(NS(=O)(=O)c2ccccc2)c(C#N)c1-c1ccccc1. The fourth-order valence-corrected chi connectivity index (χ4v) is 5.00. The smallest absolute Gasteiger partial charge is 0.349 e. The molecule has 6 nitrogen and oxygen atoms in total. The number of anilines is 1. The van der Waals surface area contributed by atoms with E-state index in [0.717, 1.165) is 11.3 Å². The Balaban J connectivity index is 2.15. The minimum atomic E-state index is -3.91. The molecule has 1 heterocycles. The second kappa shape index (κ2) is 8.25. The number of thiophene rings is 1. The largest absolute Gasteiger partial charge is 0.462 e. The zero-order valence-corrected chi connectivity index (χ0v) is 16.5. The van der Waals surface area contributed by atoms with Crippen molar-refractivity contribution < 1.29 is 17.9 Å². The number of hydrogen-bond donors (Lipinski definition) is 1. The van der Waals surface area contributed by atoms with Crippen LogP contribution in [0, 0.1) is 11.3 Å². The molecular weight excluding hydrogens is 396 g/mol. The summed E-state index contributed by atoms with van der Waals surface area (Å²) < 4.78 is 32.9. The summed E-state index contributed by atoms with van der Waals surface area (Å²) in [5, 5.41) is 9.80. The lowest BCUT2D eigenvalue weighted by atomic mass is 10.0. The summed E-state index contributed by atoms with van der Waals surface area (Å²) in [4.78, 5) is 12.7. The van der Waals surface area contributed by atoms with E-state index >= 15 is 0 Å². The quantitative estimate of drug-likeness (QED) is 0.610. The number of nitrogens with zero attached hydrogens (tertiary/aromatic N) is 1. The second-order valence-corrected chi connectivity index (χ2v) is 8.33. The average molecular weight is 412 g/mol. The molecule has 1 N–H and O–H groups in total. The second-order valence-electron chi connectivity index (χ2n) is 5.63. The van der Waals surface area contributed by atoms with Crippen LogP contribution >= 0.6 is 11.3 Å². The van der Waals surface area contributed by atoms with Crippen LogP contribution in [0.2, 0.25) is 0 Å². The van der Waals surface area contributed by atoms with Gasteiger partial charge in [-0.25, -0.2) is 13.2 Å². The van der Waals surface area contributed by atoms with E-state index in [-0.39, 0.29) is 26.9 Å². The van der Waals surface area contributed by atoms with Gasteiger partial charge in [0, 0.05) is 5.56 Å². The van der Waals surface area contributed by atoms with E-state index in [9.17, 15) is 18.5 Å². The van der Waals surface area contributed by atoms with Crippen LogP contribution in [0.15, 0.2) is 65.6 Å². The molecule has 0 bridgehead atoms. The maximum atomic E-state index is 12.7. The summed E-state index contributed by atoms with van der Waals surface area (Å²) in [5.41, 5.74) is 1.07. The van der Waals surface area contributed by atoms with Crippen molar-refractivity contribution in [3.63, 3.8) is 0 Å². The van der Waals surface area contributed by atoms with Crippen molar-refractivity contribution in [2.45, 2.75) is 11.8 Å². The van der Waals surface area contributed by atoms with Crippen LogP contribution in [0.25, 0.3) is 11.1 Å². The molecule has 0 unspecified atom stereocenters. The molecule has 142 valence electrons. The molecule has 0 aliphatic carbocycles. The van der Waals surface area contributed by atoms with E-state index in [1.807, 2.05) is 12.1 Å². The minimum absolute atomic E-state index is 0.0613. The third kappa shape index (κ3) is 3.91. The van der Waals surface area contributed by atoms with E-state index in [1.165, 1.54) is 12.1 Å². The van der Waals surface area contributed by atoms with Gasteiger partial charge in [0.1, 0.15) is 15.9 Å². The topological polar surface area (TPSA) is 96.3 Å². The molecule has 0 amide bonds. The number of hydrogen-bond acceptors (Lipinski definition) is 6. The molecule has 1 aromatic heterocycles. The molecule has 2 aromatic carbocycles. The molecule has 8 heteroatoms. The van der Waals surface area contributed by atoms with Gasteiger partial charge in [0.15, 0.2) is 0 Å². The van der Waals surface area contributed by atoms with Gasteiger partial charge in [-0.15, -0.1) is 11.3 Å². The first-order valence-electron chi connectivity index (χ1n) is 8.35. The molecule has 0 fully saturated rings. The fraction of sp³-hybridized carbons (Fsp3) is 0.100. The Hall–Kier alpha value is -3.15. The molecule has 0 spiro atoms. The molecule has 3 rings (SSSR count). The van der Waals surface area contributed by atoms with Crippen LogP contribution in [0.4, 0.5) is 5.00 Å². The van der Waals surface area contributed by atoms with Crippen LogP contribution in [-0.4, -0.2) is 21.0 Å². The predicted octanol–water partition coefficient (Wildman–Crippen LogP) is 4.26. The van der Waals surface area contributed by atoms with Crippen LogP contribution in [0.1, 0.15) is 22.2 Å². The lowest BCUT2D eigenvalue weighted by Crippen LogP contribution is -2.12. The van der Waals surface area contributed by atoms with Gasteiger partial charge < -0.3 is 4.74 Å². The highest BCUT2D eigenvalue weighted by molar-refractivity contribution is 7.93. The third-order valence-electron chi connectivity index (χ3n) is 3.82. The Morgan fingerprint density at radius 2 is 1.71 bits per heavy atom. The summed E-state index contributed by atoms with van der Waals surface area (Å²) in [6.07, 6.45) is 0. The Labute approximate surface area is 167 Å². The monoisotopic (exact) mass is 412 g/mol. The van der Waals surface area contributed by atoms with E-state index in [4.69, 9.17) is 4.74 Å². The molecule has 0 saturated carbocycles. The predicted molar refractivity (Wildman–Crippen MR) is 108 cm³/mol. The van der Waals surface area contributed by atoms with Gasteiger partial charge in [0.05, 0.1) is 17.1 Å². The van der Waals surface area contributed by atoms with Gasteiger partial charge in [-0.2, -0.15) is 5.26 Å². The Morgan fingerprint density at radius 1 is 1.11 bits per heavy atom. The van der Waals surface area contributed by atoms with Gasteiger partial charge in [-0.1, -0.05) is 48.5 Å². The van der Waals surface area contributed by atoms with Crippen molar-refractivity contribution in [3.8, 4) is 17.2 Å². The maximum Gasteiger partial charge on any atom is 0.349 e. The first-order chi connectivity index (χ1) is 13.5. The lowest BCUT2D eigenvalue weighted by Gasteiger charge is -2.06. The average Bonchev–Trinajstić information content (AvgIpc) is 3.07. The van der Waals surface area contributed by atoms with E-state index < -0.39 is 16.0 Å². The van der Waals surface area contributed by atoms with Gasteiger partial charge in [-0.3, -0.25) is 4.72 Å². The summed E-state index contributed by atoms with van der Waals surface area (Å²) in [5.74, 6) is -0.604. The standard InChI is InChI=1S/C20H16N2O4S2/c1-2-26-20(23)18-17(14-9-5-3-6-10-14)16(13-21)19(27-18)22-28(24,25)15-11-7-4-8-12-15/h3-12,22H,2H2,1H3. The zero-order valence-electron chi connectivity index (χ0n) is 14.9. The summed E-state index contributed by atoms with van der Waals surface area (Å²) in [7, 11) is -3.91. The van der Waals surface area contributed by atoms with Gasteiger partial charge in [0.2, 0.25) is 0 Å². The minimum Gasteiger partial charge on any atom is -0.462 e. The highest BCUT2D eigenvalue weighted by Crippen LogP contribution is 2.41. The zero-order chi connectivity index (χ0) is 20.1. The summed E-state index contributed by atoms with van der Waals surface area (Å²) in [6.45, 7) is 1.84. The van der Waals surface area contributed by atoms with E-state index in [2.05, 4.69) is 4.72 Å². The van der Waals surface area contributed by atoms with Gasteiger partial charge in [0.25, 0.3) is 10.0 Å². The Morgan fingerprint density at radius 3 is 2.29 bits per heavy atom. The number of carbonyl (C=O) groups excluding carboxylic acids is 1. The first kappa shape index (κ1) is 19.6. The number of nitrogens with one attached hydrogen (secondary N) is 1. The molecule has 0 radical (unpaired) electrons. The number of nitriles is 1. The van der Waals surface area contributed by atoms with Crippen molar-refractivity contribution in [2.75, 3.05) is 11.3 Å². The van der Waals surface area contributed by atoms with Gasteiger partial charge in [-0.05, 0) is 24.6 Å². The van der Waals surface area contributed by atoms with E-state index in [1.54, 1.807) is 49.4 Å². The van der Waals surface area contributed by atoms with Crippen LogP contribution in [0.3, 0.4) is 0 Å². The van der Waals surface area contributed by atoms with Gasteiger partial charge >= 0.3 is 5.97 Å². The number of rotatable bonds is 6.